The van der Waals surface area contributed by atoms with E-state index in [0.29, 0.717) is 5.03 Å². The van der Waals surface area contributed by atoms with Crippen molar-refractivity contribution in [2.75, 3.05) is 5.49 Å². The number of pyridine rings is 1. The first-order chi connectivity index (χ1) is 11.3. The summed E-state index contributed by atoms with van der Waals surface area (Å²) in [6.45, 7) is 3.62. The number of nitrogens with zero attached hydrogens (tertiary/aromatic N) is 1. The van der Waals surface area contributed by atoms with E-state index in [0.717, 1.165) is 16.7 Å². The molecule has 128 valence electrons. The molecule has 7 heteroatoms. The van der Waals surface area contributed by atoms with E-state index < -0.39 is 19.3 Å². The van der Waals surface area contributed by atoms with E-state index in [4.69, 9.17) is 0 Å². The monoisotopic (exact) mass is 365 g/mol. The van der Waals surface area contributed by atoms with E-state index >= 15 is 0 Å². The van der Waals surface area contributed by atoms with Gasteiger partial charge >= 0.3 is 5.97 Å². The predicted molar refractivity (Wildman–Crippen MR) is 97.5 cm³/mol. The number of para-hydroxylation sites is 1. The van der Waals surface area contributed by atoms with Crippen molar-refractivity contribution in [1.29, 1.82) is 0 Å². The number of rotatable bonds is 7. The third kappa shape index (κ3) is 5.02. The number of carboxylic acid groups (broad SMARTS) is 1. The predicted octanol–water partition coefficient (Wildman–Crippen LogP) is 2.71. The molecule has 0 amide bonds. The lowest BCUT2D eigenvalue weighted by atomic mass is 9.94. The number of hydrogen-bond donors (Lipinski definition) is 2. The second-order valence-electron chi connectivity index (χ2n) is 5.99. The number of benzene rings is 1. The van der Waals surface area contributed by atoms with Crippen molar-refractivity contribution in [1.82, 2.24) is 4.98 Å². The zero-order valence-electron chi connectivity index (χ0n) is 13.5. The average molecular weight is 365 g/mol. The minimum Gasteiger partial charge on any atom is -0.630 e. The summed E-state index contributed by atoms with van der Waals surface area (Å²) in [5.74, 6) is -0.340. The summed E-state index contributed by atoms with van der Waals surface area (Å²) in [7, 11) is -1.98. The number of aliphatic carboxylic acids is 1. The number of aromatic nitrogens is 1. The van der Waals surface area contributed by atoms with Crippen LogP contribution in [0.25, 0.3) is 10.9 Å². The number of thioether (sulfide) groups is 1. The minimum atomic E-state index is -2.06. The second-order valence-corrected chi connectivity index (χ2v) is 8.82. The fraction of sp³-hybridized carbons (Fsp3) is 0.353. The molecule has 2 rings (SSSR count). The highest BCUT2D eigenvalue weighted by atomic mass is 32.2. The van der Waals surface area contributed by atoms with Gasteiger partial charge < -0.3 is 15.1 Å². The molecule has 0 aliphatic heterocycles. The smallest absolute Gasteiger partial charge is 0.343 e. The molecular formula is C17H20NO4PS. The maximum atomic E-state index is 12.2. The van der Waals surface area contributed by atoms with Gasteiger partial charge in [0.2, 0.25) is 5.60 Å². The van der Waals surface area contributed by atoms with Crippen LogP contribution in [0.1, 0.15) is 20.3 Å². The number of carboxylic acids is 1. The first-order valence-corrected chi connectivity index (χ1v) is 10.0. The quantitative estimate of drug-likeness (QED) is 0.579. The van der Waals surface area contributed by atoms with Gasteiger partial charge in [0.15, 0.2) is 5.49 Å². The molecule has 2 N–H and O–H groups in total. The fourth-order valence-corrected chi connectivity index (χ4v) is 4.71. The van der Waals surface area contributed by atoms with Gasteiger partial charge in [-0.2, -0.15) is 0 Å². The van der Waals surface area contributed by atoms with Gasteiger partial charge in [0, 0.05) is 5.39 Å². The largest absolute Gasteiger partial charge is 0.630 e. The van der Waals surface area contributed by atoms with Crippen LogP contribution < -0.4 is 4.89 Å². The zero-order valence-corrected chi connectivity index (χ0v) is 15.3. The Balaban J connectivity index is 2.09. The van der Waals surface area contributed by atoms with Crippen LogP contribution in [0, 0.1) is 5.92 Å². The van der Waals surface area contributed by atoms with Gasteiger partial charge in [0.1, 0.15) is 10.8 Å². The van der Waals surface area contributed by atoms with Gasteiger partial charge in [-0.05, 0) is 24.5 Å². The molecule has 0 aliphatic rings. The highest BCUT2D eigenvalue weighted by molar-refractivity contribution is 8.04. The van der Waals surface area contributed by atoms with E-state index in [1.165, 1.54) is 11.8 Å². The van der Waals surface area contributed by atoms with Crippen molar-refractivity contribution in [3.63, 3.8) is 0 Å². The Kier molecular flexibility index (Phi) is 6.35. The minimum absolute atomic E-state index is 0.0273. The lowest BCUT2D eigenvalue weighted by molar-refractivity contribution is -0.156. The summed E-state index contributed by atoms with van der Waals surface area (Å²) in [4.78, 5) is 28.0. The topological polar surface area (TPSA) is 93.5 Å². The third-order valence-electron chi connectivity index (χ3n) is 3.36. The molecule has 24 heavy (non-hydrogen) atoms. The van der Waals surface area contributed by atoms with E-state index in [1.54, 1.807) is 0 Å². The molecule has 5 nitrogen and oxygen atoms in total. The summed E-state index contributed by atoms with van der Waals surface area (Å²) in [5, 5.41) is 21.1. The molecule has 2 unspecified atom stereocenters. The van der Waals surface area contributed by atoms with Gasteiger partial charge in [0.05, 0.1) is 13.3 Å². The molecule has 1 heterocycles. The van der Waals surface area contributed by atoms with Crippen molar-refractivity contribution >= 4 is 42.2 Å². The molecule has 1 aromatic heterocycles. The van der Waals surface area contributed by atoms with Gasteiger partial charge in [-0.15, -0.1) is 0 Å². The molecule has 2 aromatic rings. The first kappa shape index (κ1) is 18.9. The Morgan fingerprint density at radius 1 is 1.38 bits per heavy atom. The van der Waals surface area contributed by atoms with Crippen molar-refractivity contribution in [2.24, 2.45) is 5.92 Å². The maximum absolute atomic E-state index is 12.2. The second kappa shape index (κ2) is 8.08. The Morgan fingerprint density at radius 3 is 2.75 bits per heavy atom. The summed E-state index contributed by atoms with van der Waals surface area (Å²) < 4.78 is 0. The van der Waals surface area contributed by atoms with Crippen molar-refractivity contribution in [2.45, 2.75) is 30.9 Å². The zero-order chi connectivity index (χ0) is 17.7. The van der Waals surface area contributed by atoms with E-state index in [2.05, 4.69) is 4.98 Å². The summed E-state index contributed by atoms with van der Waals surface area (Å²) in [6, 6.07) is 11.5. The number of fused-ring (bicyclic) bond motifs is 1. The lowest BCUT2D eigenvalue weighted by Crippen LogP contribution is -2.41. The molecule has 2 atom stereocenters. The molecule has 0 radical (unpaired) electrons. The van der Waals surface area contributed by atoms with Crippen LogP contribution in [0.5, 0.6) is 0 Å². The molecule has 0 aliphatic carbocycles. The maximum Gasteiger partial charge on any atom is 0.343 e. The first-order valence-electron chi connectivity index (χ1n) is 7.54. The van der Waals surface area contributed by atoms with Crippen LogP contribution in [-0.2, 0) is 4.79 Å². The standard InChI is InChI=1S/C17H20NO4PS/c1-12(2)9-17(21,16(19)20)10-23(22)11-24-15-8-7-13-5-3-4-6-14(13)18-15/h3-8,10,12,21H,9,11H2,1-2H3,(H,19,20). The van der Waals surface area contributed by atoms with Crippen LogP contribution >= 0.6 is 19.5 Å². The molecule has 0 fully saturated rings. The van der Waals surface area contributed by atoms with Crippen LogP contribution in [0.4, 0.5) is 0 Å². The van der Waals surface area contributed by atoms with Crippen LogP contribution in [0.2, 0.25) is 0 Å². The van der Waals surface area contributed by atoms with Gasteiger partial charge in [-0.25, -0.2) is 9.78 Å². The molecular weight excluding hydrogens is 345 g/mol. The summed E-state index contributed by atoms with van der Waals surface area (Å²) in [5.41, 5.74) is -1.03. The van der Waals surface area contributed by atoms with Gasteiger partial charge in [-0.3, -0.25) is 0 Å². The molecule has 0 saturated heterocycles. The molecule has 0 bridgehead atoms. The highest BCUT2D eigenvalue weighted by Gasteiger charge is 2.37. The third-order valence-corrected chi connectivity index (χ3v) is 6.13. The van der Waals surface area contributed by atoms with E-state index in [9.17, 15) is 19.9 Å². The number of hydrogen-bond acceptors (Lipinski definition) is 5. The van der Waals surface area contributed by atoms with E-state index in [-0.39, 0.29) is 17.8 Å². The number of carbonyl (C=O) groups is 1. The Bertz CT molecular complexity index is 765. The number of aliphatic hydroxyl groups is 1. The molecule has 0 saturated carbocycles. The van der Waals surface area contributed by atoms with Crippen LogP contribution in [0.3, 0.4) is 0 Å². The summed E-state index contributed by atoms with van der Waals surface area (Å²) in [6.07, 6.45) is 0.0301. The highest BCUT2D eigenvalue weighted by Crippen LogP contribution is 2.29. The fourth-order valence-electron chi connectivity index (χ4n) is 2.35. The average Bonchev–Trinajstić information content (AvgIpc) is 2.51. The van der Waals surface area contributed by atoms with Crippen LogP contribution in [-0.4, -0.2) is 38.1 Å². The van der Waals surface area contributed by atoms with Gasteiger partial charge in [0.25, 0.3) is 0 Å². The Labute approximate surface area is 146 Å². The normalized spacial score (nSPS) is 14.8. The van der Waals surface area contributed by atoms with Crippen LogP contribution in [0.15, 0.2) is 41.4 Å². The molecule has 0 spiro atoms. The Hall–Kier alpha value is -1.46. The van der Waals surface area contributed by atoms with E-state index in [1.807, 2.05) is 50.2 Å². The van der Waals surface area contributed by atoms with Crippen molar-refractivity contribution in [3.8, 4) is 0 Å². The lowest BCUT2D eigenvalue weighted by Gasteiger charge is -2.19. The SMILES string of the molecule is CC(C)CC(O)(C=[P+]([O-])CSc1ccc2ccccc2n1)C(=O)O. The summed E-state index contributed by atoms with van der Waals surface area (Å²) >= 11 is 1.28. The van der Waals surface area contributed by atoms with Crippen molar-refractivity contribution in [3.05, 3.63) is 36.4 Å². The van der Waals surface area contributed by atoms with Gasteiger partial charge in [-0.1, -0.05) is 49.9 Å². The Morgan fingerprint density at radius 2 is 2.08 bits per heavy atom. The molecule has 1 aromatic carbocycles. The van der Waals surface area contributed by atoms with Crippen molar-refractivity contribution < 1.29 is 19.9 Å².